The van der Waals surface area contributed by atoms with Crippen LogP contribution in [-0.4, -0.2) is 24.5 Å². The lowest BCUT2D eigenvalue weighted by Gasteiger charge is -2.27. The second-order valence-corrected chi connectivity index (χ2v) is 5.78. The summed E-state index contributed by atoms with van der Waals surface area (Å²) in [6, 6.07) is 9.44. The average Bonchev–Trinajstić information content (AvgIpc) is 2.89. The third kappa shape index (κ3) is 3.58. The van der Waals surface area contributed by atoms with Gasteiger partial charge in [-0.3, -0.25) is 4.90 Å². The molecular formula is C17H28N2. The van der Waals surface area contributed by atoms with Crippen molar-refractivity contribution in [2.24, 2.45) is 11.7 Å². The van der Waals surface area contributed by atoms with Crippen LogP contribution in [0.1, 0.15) is 50.3 Å². The molecule has 1 aliphatic rings. The van der Waals surface area contributed by atoms with Crippen LogP contribution in [0, 0.1) is 5.92 Å². The van der Waals surface area contributed by atoms with Crippen molar-refractivity contribution in [3.8, 4) is 0 Å². The average molecular weight is 260 g/mol. The molecule has 2 heteroatoms. The van der Waals surface area contributed by atoms with Gasteiger partial charge in [-0.25, -0.2) is 0 Å². The van der Waals surface area contributed by atoms with Crippen LogP contribution in [0.5, 0.6) is 0 Å². The van der Waals surface area contributed by atoms with Gasteiger partial charge in [0.2, 0.25) is 0 Å². The van der Waals surface area contributed by atoms with Gasteiger partial charge in [0.1, 0.15) is 0 Å². The predicted molar refractivity (Wildman–Crippen MR) is 82.2 cm³/mol. The zero-order valence-corrected chi connectivity index (χ0v) is 12.4. The Morgan fingerprint density at radius 3 is 2.58 bits per heavy atom. The molecule has 1 saturated heterocycles. The smallest absolute Gasteiger partial charge is 0.0470 e. The summed E-state index contributed by atoms with van der Waals surface area (Å²) < 4.78 is 0. The van der Waals surface area contributed by atoms with Gasteiger partial charge in [0.25, 0.3) is 0 Å². The quantitative estimate of drug-likeness (QED) is 0.849. The van der Waals surface area contributed by atoms with Gasteiger partial charge in [-0.2, -0.15) is 0 Å². The van der Waals surface area contributed by atoms with Crippen LogP contribution in [0.25, 0.3) is 0 Å². The number of nitrogens with zero attached hydrogens (tertiary/aromatic N) is 1. The Kier molecular flexibility index (Phi) is 5.41. The van der Waals surface area contributed by atoms with Crippen molar-refractivity contribution in [2.75, 3.05) is 19.6 Å². The normalized spacial score (nSPS) is 21.7. The van der Waals surface area contributed by atoms with Gasteiger partial charge < -0.3 is 5.73 Å². The summed E-state index contributed by atoms with van der Waals surface area (Å²) >= 11 is 0. The monoisotopic (exact) mass is 260 g/mol. The molecule has 0 saturated carbocycles. The third-order valence-electron chi connectivity index (χ3n) is 4.45. The molecule has 1 aliphatic heterocycles. The van der Waals surface area contributed by atoms with Crippen molar-refractivity contribution in [2.45, 2.75) is 45.6 Å². The van der Waals surface area contributed by atoms with Crippen LogP contribution < -0.4 is 5.73 Å². The number of hydrogen-bond acceptors (Lipinski definition) is 2. The summed E-state index contributed by atoms with van der Waals surface area (Å²) in [7, 11) is 0. The molecule has 1 fully saturated rings. The maximum absolute atomic E-state index is 6.03. The Morgan fingerprint density at radius 1 is 1.26 bits per heavy atom. The molecule has 2 nitrogen and oxygen atoms in total. The molecule has 1 heterocycles. The first-order valence-corrected chi connectivity index (χ1v) is 7.81. The molecule has 0 amide bonds. The molecule has 0 aromatic heterocycles. The Bertz CT molecular complexity index is 371. The lowest BCUT2D eigenvalue weighted by Crippen LogP contribution is -2.32. The van der Waals surface area contributed by atoms with E-state index < -0.39 is 0 Å². The van der Waals surface area contributed by atoms with Crippen molar-refractivity contribution in [3.05, 3.63) is 35.4 Å². The summed E-state index contributed by atoms with van der Waals surface area (Å²) in [4.78, 5) is 2.58. The topological polar surface area (TPSA) is 29.3 Å². The minimum absolute atomic E-state index is 0.410. The van der Waals surface area contributed by atoms with E-state index >= 15 is 0 Å². The molecule has 106 valence electrons. The summed E-state index contributed by atoms with van der Waals surface area (Å²) in [6.45, 7) is 7.65. The van der Waals surface area contributed by atoms with E-state index in [9.17, 15) is 0 Å². The van der Waals surface area contributed by atoms with E-state index in [1.165, 1.54) is 43.5 Å². The largest absolute Gasteiger partial charge is 0.329 e. The van der Waals surface area contributed by atoms with E-state index in [1.54, 1.807) is 0 Å². The first kappa shape index (κ1) is 14.5. The Hall–Kier alpha value is -0.860. The fourth-order valence-electron chi connectivity index (χ4n) is 3.26. The van der Waals surface area contributed by atoms with Crippen molar-refractivity contribution in [3.63, 3.8) is 0 Å². The molecular weight excluding hydrogens is 232 g/mol. The number of likely N-dealkylation sites (tertiary alicyclic amines) is 1. The zero-order chi connectivity index (χ0) is 13.7. The van der Waals surface area contributed by atoms with Gasteiger partial charge in [0.05, 0.1) is 0 Å². The van der Waals surface area contributed by atoms with Crippen LogP contribution in [0.2, 0.25) is 0 Å². The lowest BCUT2D eigenvalue weighted by molar-refractivity contribution is 0.239. The molecule has 19 heavy (non-hydrogen) atoms. The number of hydrogen-bond donors (Lipinski definition) is 1. The van der Waals surface area contributed by atoms with Crippen LogP contribution >= 0.6 is 0 Å². The number of rotatable bonds is 6. The van der Waals surface area contributed by atoms with E-state index in [0.717, 1.165) is 18.9 Å². The van der Waals surface area contributed by atoms with E-state index in [2.05, 4.69) is 43.0 Å². The van der Waals surface area contributed by atoms with Crippen LogP contribution in [-0.2, 0) is 6.42 Å². The number of benzene rings is 1. The highest BCUT2D eigenvalue weighted by Gasteiger charge is 2.27. The van der Waals surface area contributed by atoms with E-state index in [4.69, 9.17) is 5.73 Å². The molecule has 0 bridgehead atoms. The van der Waals surface area contributed by atoms with Crippen LogP contribution in [0.3, 0.4) is 0 Å². The maximum atomic E-state index is 6.03. The molecule has 0 spiro atoms. The molecule has 1 aromatic carbocycles. The second kappa shape index (κ2) is 7.06. The molecule has 0 aliphatic carbocycles. The molecule has 2 atom stereocenters. The van der Waals surface area contributed by atoms with Gasteiger partial charge in [-0.15, -0.1) is 0 Å². The Morgan fingerprint density at radius 2 is 2.00 bits per heavy atom. The number of aryl methyl sites for hydroxylation is 1. The summed E-state index contributed by atoms with van der Waals surface area (Å²) in [5.74, 6) is 0.883. The Balaban J connectivity index is 2.03. The summed E-state index contributed by atoms with van der Waals surface area (Å²) in [5, 5.41) is 0. The van der Waals surface area contributed by atoms with E-state index in [-0.39, 0.29) is 0 Å². The SMILES string of the molecule is CCCC1CCN(C(CN)c2ccc(CC)cc2)C1. The fourth-order valence-corrected chi connectivity index (χ4v) is 3.26. The van der Waals surface area contributed by atoms with Crippen LogP contribution in [0.15, 0.2) is 24.3 Å². The lowest BCUT2D eigenvalue weighted by atomic mass is 10.0. The van der Waals surface area contributed by atoms with Gasteiger partial charge >= 0.3 is 0 Å². The van der Waals surface area contributed by atoms with Crippen molar-refractivity contribution < 1.29 is 0 Å². The van der Waals surface area contributed by atoms with E-state index in [1.807, 2.05) is 0 Å². The summed E-state index contributed by atoms with van der Waals surface area (Å²) in [6.07, 6.45) is 5.12. The second-order valence-electron chi connectivity index (χ2n) is 5.78. The van der Waals surface area contributed by atoms with E-state index in [0.29, 0.717) is 6.04 Å². The van der Waals surface area contributed by atoms with Crippen molar-refractivity contribution in [1.82, 2.24) is 4.90 Å². The molecule has 0 radical (unpaired) electrons. The predicted octanol–water partition coefficient (Wildman–Crippen LogP) is 3.37. The molecule has 2 N–H and O–H groups in total. The first-order valence-electron chi connectivity index (χ1n) is 7.81. The summed E-state index contributed by atoms with van der Waals surface area (Å²) in [5.41, 5.74) is 8.83. The van der Waals surface area contributed by atoms with Gasteiger partial charge in [-0.1, -0.05) is 44.5 Å². The zero-order valence-electron chi connectivity index (χ0n) is 12.4. The number of nitrogens with two attached hydrogens (primary N) is 1. The molecule has 2 unspecified atom stereocenters. The minimum atomic E-state index is 0.410. The highest BCUT2D eigenvalue weighted by Crippen LogP contribution is 2.29. The Labute approximate surface area is 118 Å². The van der Waals surface area contributed by atoms with Crippen molar-refractivity contribution >= 4 is 0 Å². The standard InChI is InChI=1S/C17H28N2/c1-3-5-15-10-11-19(13-15)17(12-18)16-8-6-14(4-2)7-9-16/h6-9,15,17H,3-5,10-13,18H2,1-2H3. The maximum Gasteiger partial charge on any atom is 0.0470 e. The fraction of sp³-hybridized carbons (Fsp3) is 0.647. The van der Waals surface area contributed by atoms with Crippen molar-refractivity contribution in [1.29, 1.82) is 0 Å². The highest BCUT2D eigenvalue weighted by atomic mass is 15.2. The highest BCUT2D eigenvalue weighted by molar-refractivity contribution is 5.25. The first-order chi connectivity index (χ1) is 9.28. The van der Waals surface area contributed by atoms with Crippen LogP contribution in [0.4, 0.5) is 0 Å². The minimum Gasteiger partial charge on any atom is -0.329 e. The molecule has 2 rings (SSSR count). The van der Waals surface area contributed by atoms with Gasteiger partial charge in [0, 0.05) is 19.1 Å². The third-order valence-corrected chi connectivity index (χ3v) is 4.45. The van der Waals surface area contributed by atoms with Gasteiger partial charge in [-0.05, 0) is 42.9 Å². The van der Waals surface area contributed by atoms with Gasteiger partial charge in [0.15, 0.2) is 0 Å². The molecule has 1 aromatic rings.